The molecule has 0 atom stereocenters. The van der Waals surface area contributed by atoms with E-state index in [2.05, 4.69) is 41.8 Å². The van der Waals surface area contributed by atoms with Crippen molar-refractivity contribution in [2.75, 3.05) is 5.32 Å². The number of carbonyl (C=O) groups is 1. The summed E-state index contributed by atoms with van der Waals surface area (Å²) in [4.78, 5) is 15.7. The lowest BCUT2D eigenvalue weighted by atomic mass is 10.3. The van der Waals surface area contributed by atoms with E-state index in [9.17, 15) is 4.79 Å². The molecule has 2 heterocycles. The molecule has 0 bridgehead atoms. The number of hydrogen-bond acceptors (Lipinski definition) is 5. The van der Waals surface area contributed by atoms with Gasteiger partial charge in [-0.05, 0) is 44.9 Å². The standard InChI is InChI=1S/C9H9BrN6O/c1-6-2-7(10)3-11-9(6)13-8(17)4-16-5-12-14-15-16/h2-3,5H,4H2,1H3,(H,11,13,17). The first-order chi connectivity index (χ1) is 8.15. The molecule has 88 valence electrons. The SMILES string of the molecule is Cc1cc(Br)cnc1NC(=O)Cn1cnnn1. The number of hydrogen-bond donors (Lipinski definition) is 1. The molecule has 7 nitrogen and oxygen atoms in total. The number of nitrogens with zero attached hydrogens (tertiary/aromatic N) is 5. The second-order valence-corrected chi connectivity index (χ2v) is 4.29. The summed E-state index contributed by atoms with van der Waals surface area (Å²) in [6.07, 6.45) is 3.00. The molecule has 17 heavy (non-hydrogen) atoms. The van der Waals surface area contributed by atoms with Crippen molar-refractivity contribution in [1.82, 2.24) is 25.2 Å². The highest BCUT2D eigenvalue weighted by Gasteiger charge is 2.07. The molecule has 0 aliphatic rings. The predicted octanol–water partition coefficient (Wildman–Crippen LogP) is 0.778. The van der Waals surface area contributed by atoms with E-state index in [1.807, 2.05) is 13.0 Å². The topological polar surface area (TPSA) is 85.6 Å². The van der Waals surface area contributed by atoms with Crippen LogP contribution in [0, 0.1) is 6.92 Å². The Morgan fingerprint density at radius 2 is 2.41 bits per heavy atom. The first-order valence-electron chi connectivity index (χ1n) is 4.78. The van der Waals surface area contributed by atoms with Gasteiger partial charge in [-0.15, -0.1) is 5.10 Å². The van der Waals surface area contributed by atoms with Gasteiger partial charge in [0.25, 0.3) is 0 Å². The van der Waals surface area contributed by atoms with Gasteiger partial charge >= 0.3 is 0 Å². The van der Waals surface area contributed by atoms with Gasteiger partial charge < -0.3 is 5.32 Å². The first-order valence-corrected chi connectivity index (χ1v) is 5.57. The van der Waals surface area contributed by atoms with Crippen molar-refractivity contribution in [3.8, 4) is 0 Å². The Kier molecular flexibility index (Phi) is 3.43. The van der Waals surface area contributed by atoms with E-state index in [0.717, 1.165) is 10.0 Å². The Morgan fingerprint density at radius 1 is 1.59 bits per heavy atom. The smallest absolute Gasteiger partial charge is 0.247 e. The highest BCUT2D eigenvalue weighted by molar-refractivity contribution is 9.10. The first kappa shape index (κ1) is 11.6. The van der Waals surface area contributed by atoms with Crippen LogP contribution in [0.3, 0.4) is 0 Å². The third kappa shape index (κ3) is 3.06. The van der Waals surface area contributed by atoms with E-state index < -0.39 is 0 Å². The van der Waals surface area contributed by atoms with Crippen molar-refractivity contribution < 1.29 is 4.79 Å². The van der Waals surface area contributed by atoms with E-state index >= 15 is 0 Å². The second-order valence-electron chi connectivity index (χ2n) is 3.37. The number of carbonyl (C=O) groups excluding carboxylic acids is 1. The molecule has 0 saturated heterocycles. The maximum absolute atomic E-state index is 11.6. The maximum atomic E-state index is 11.6. The van der Waals surface area contributed by atoms with Crippen LogP contribution in [0.5, 0.6) is 0 Å². The van der Waals surface area contributed by atoms with Gasteiger partial charge in [0, 0.05) is 10.7 Å². The van der Waals surface area contributed by atoms with Crippen LogP contribution in [0.1, 0.15) is 5.56 Å². The van der Waals surface area contributed by atoms with Crippen LogP contribution in [0.25, 0.3) is 0 Å². The molecule has 0 aromatic carbocycles. The molecular formula is C9H9BrN6O. The van der Waals surface area contributed by atoms with Crippen molar-refractivity contribution in [2.24, 2.45) is 0 Å². The second kappa shape index (κ2) is 5.00. The van der Waals surface area contributed by atoms with Gasteiger partial charge in [0.15, 0.2) is 0 Å². The van der Waals surface area contributed by atoms with Gasteiger partial charge in [-0.1, -0.05) is 0 Å². The zero-order chi connectivity index (χ0) is 12.3. The Bertz CT molecular complexity index is 526. The molecule has 8 heteroatoms. The van der Waals surface area contributed by atoms with Gasteiger partial charge in [-0.25, -0.2) is 9.67 Å². The Morgan fingerprint density at radius 3 is 3.06 bits per heavy atom. The van der Waals surface area contributed by atoms with E-state index in [0.29, 0.717) is 5.82 Å². The van der Waals surface area contributed by atoms with Crippen LogP contribution < -0.4 is 5.32 Å². The van der Waals surface area contributed by atoms with Gasteiger partial charge in [0.1, 0.15) is 18.7 Å². The van der Waals surface area contributed by atoms with Gasteiger partial charge in [-0.3, -0.25) is 4.79 Å². The largest absolute Gasteiger partial charge is 0.309 e. The molecule has 0 aliphatic carbocycles. The number of tetrazole rings is 1. The van der Waals surface area contributed by atoms with Crippen LogP contribution in [0.4, 0.5) is 5.82 Å². The summed E-state index contributed by atoms with van der Waals surface area (Å²) in [7, 11) is 0. The number of rotatable bonds is 3. The van der Waals surface area contributed by atoms with Crippen LogP contribution in [0.2, 0.25) is 0 Å². The minimum Gasteiger partial charge on any atom is -0.309 e. The molecule has 2 rings (SSSR count). The summed E-state index contributed by atoms with van der Waals surface area (Å²) < 4.78 is 2.21. The number of pyridine rings is 1. The number of amides is 1. The van der Waals surface area contributed by atoms with Gasteiger partial charge in [-0.2, -0.15) is 0 Å². The summed E-state index contributed by atoms with van der Waals surface area (Å²) in [6.45, 7) is 1.93. The summed E-state index contributed by atoms with van der Waals surface area (Å²) in [5.74, 6) is 0.307. The van der Waals surface area contributed by atoms with E-state index in [1.165, 1.54) is 11.0 Å². The Hall–Kier alpha value is -1.83. The van der Waals surface area contributed by atoms with E-state index in [4.69, 9.17) is 0 Å². The molecule has 1 N–H and O–H groups in total. The number of aryl methyl sites for hydroxylation is 1. The average molecular weight is 297 g/mol. The Labute approximate surface area is 105 Å². The highest BCUT2D eigenvalue weighted by Crippen LogP contribution is 2.16. The number of anilines is 1. The normalized spacial score (nSPS) is 10.2. The van der Waals surface area contributed by atoms with E-state index in [1.54, 1.807) is 6.20 Å². The Balaban J connectivity index is 2.03. The van der Waals surface area contributed by atoms with Crippen LogP contribution >= 0.6 is 15.9 Å². The van der Waals surface area contributed by atoms with Gasteiger partial charge in [0.2, 0.25) is 5.91 Å². The summed E-state index contributed by atoms with van der Waals surface area (Å²) in [5, 5.41) is 13.2. The number of halogens is 1. The quantitative estimate of drug-likeness (QED) is 0.904. The molecular weight excluding hydrogens is 288 g/mol. The fraction of sp³-hybridized carbons (Fsp3) is 0.222. The average Bonchev–Trinajstić information content (AvgIpc) is 2.75. The maximum Gasteiger partial charge on any atom is 0.247 e. The summed E-state index contributed by atoms with van der Waals surface area (Å²) >= 11 is 3.31. The van der Waals surface area contributed by atoms with Crippen molar-refractivity contribution >= 4 is 27.7 Å². The predicted molar refractivity (Wildman–Crippen MR) is 63.1 cm³/mol. The fourth-order valence-electron chi connectivity index (χ4n) is 1.24. The molecule has 0 saturated carbocycles. The molecule has 0 radical (unpaired) electrons. The molecule has 0 fully saturated rings. The van der Waals surface area contributed by atoms with Crippen LogP contribution in [-0.2, 0) is 11.3 Å². The monoisotopic (exact) mass is 296 g/mol. The third-order valence-electron chi connectivity index (χ3n) is 2.00. The lowest BCUT2D eigenvalue weighted by Crippen LogP contribution is -2.20. The van der Waals surface area contributed by atoms with Crippen LogP contribution in [0.15, 0.2) is 23.1 Å². The lowest BCUT2D eigenvalue weighted by Gasteiger charge is -2.06. The molecule has 0 unspecified atom stereocenters. The van der Waals surface area contributed by atoms with E-state index in [-0.39, 0.29) is 12.5 Å². The minimum atomic E-state index is -0.227. The third-order valence-corrected chi connectivity index (χ3v) is 2.43. The van der Waals surface area contributed by atoms with Crippen molar-refractivity contribution in [3.63, 3.8) is 0 Å². The molecule has 2 aromatic heterocycles. The van der Waals surface area contributed by atoms with Crippen molar-refractivity contribution in [3.05, 3.63) is 28.6 Å². The lowest BCUT2D eigenvalue weighted by molar-refractivity contribution is -0.117. The molecule has 0 spiro atoms. The van der Waals surface area contributed by atoms with Gasteiger partial charge in [0.05, 0.1) is 0 Å². The van der Waals surface area contributed by atoms with Crippen molar-refractivity contribution in [2.45, 2.75) is 13.5 Å². The minimum absolute atomic E-state index is 0.0597. The number of nitrogens with one attached hydrogen (secondary N) is 1. The molecule has 0 aliphatic heterocycles. The highest BCUT2D eigenvalue weighted by atomic mass is 79.9. The number of aromatic nitrogens is 5. The molecule has 1 amide bonds. The van der Waals surface area contributed by atoms with Crippen molar-refractivity contribution in [1.29, 1.82) is 0 Å². The summed E-state index contributed by atoms with van der Waals surface area (Å²) in [5.41, 5.74) is 0.879. The summed E-state index contributed by atoms with van der Waals surface area (Å²) in [6, 6.07) is 1.87. The zero-order valence-electron chi connectivity index (χ0n) is 8.96. The van der Waals surface area contributed by atoms with Crippen LogP contribution in [-0.4, -0.2) is 31.1 Å². The zero-order valence-corrected chi connectivity index (χ0v) is 10.5. The molecule has 2 aromatic rings. The fourth-order valence-corrected chi connectivity index (χ4v) is 1.69.